The number of carbonyl (C=O) groups excluding carboxylic acids is 3. The Morgan fingerprint density at radius 3 is 2.43 bits per heavy atom. The highest BCUT2D eigenvalue weighted by molar-refractivity contribution is 8.14. The van der Waals surface area contributed by atoms with Crippen molar-refractivity contribution in [3.63, 3.8) is 0 Å². The number of nitrogens with one attached hydrogen (secondary N) is 2. The van der Waals surface area contributed by atoms with Crippen molar-refractivity contribution < 1.29 is 80.5 Å². The summed E-state index contributed by atoms with van der Waals surface area (Å²) < 4.78 is 61.6. The first-order valence-corrected chi connectivity index (χ1v) is 21.1. The molecular weight excluding hydrogens is 807 g/mol. The van der Waals surface area contributed by atoms with Gasteiger partial charge < -0.3 is 55.4 Å². The van der Waals surface area contributed by atoms with E-state index in [-0.39, 0.29) is 41.6 Å². The maximum Gasteiger partial charge on any atom is 0.481 e. The molecule has 0 radical (unpaired) electrons. The number of amides is 2. The number of hydrogen-bond donors (Lipinski definition) is 8. The number of nitrogens with two attached hydrogens (primary N) is 1. The van der Waals surface area contributed by atoms with Crippen LogP contribution in [0, 0.1) is 5.41 Å². The number of nitrogen functional groups attached to an aromatic ring is 1. The summed E-state index contributed by atoms with van der Waals surface area (Å²) in [6.45, 7) is 3.98. The molecule has 0 aromatic carbocycles. The number of aliphatic hydroxyl groups is 2. The molecule has 1 fully saturated rings. The normalized spacial score (nSPS) is 22.8. The Labute approximate surface area is 311 Å². The number of anilines is 1. The average Bonchev–Trinajstić information content (AvgIpc) is 3.60. The van der Waals surface area contributed by atoms with Gasteiger partial charge in [-0.1, -0.05) is 31.2 Å². The lowest BCUT2D eigenvalue weighted by Gasteiger charge is -2.30. The summed E-state index contributed by atoms with van der Waals surface area (Å²) in [6.07, 6.45) is -5.65. The number of thioether (sulfide) groups is 1. The van der Waals surface area contributed by atoms with Crippen LogP contribution < -0.4 is 21.3 Å². The number of aliphatic hydroxyl groups excluding tert-OH is 2. The zero-order valence-corrected chi connectivity index (χ0v) is 32.6. The van der Waals surface area contributed by atoms with Gasteiger partial charge in [0.2, 0.25) is 16.9 Å². The van der Waals surface area contributed by atoms with Gasteiger partial charge in [-0.25, -0.2) is 24.1 Å². The SMILES string of the molecule is CC(C)=CC(=O)SCCNC(=O)CCNC(=O)C(O)C(C)(C)COP(=O)(O)OP(=O)(O)OCC1OC(n2cnc3c(N)ncnc32)C(O)C1OP(=O)([O-])O. The number of phosphoric acid groups is 3. The van der Waals surface area contributed by atoms with Crippen LogP contribution in [0.3, 0.4) is 0 Å². The molecule has 3 heterocycles. The fraction of sp³-hybridized carbons (Fsp3) is 0.615. The predicted octanol–water partition coefficient (Wildman–Crippen LogP) is -1.00. The predicted molar refractivity (Wildman–Crippen MR) is 184 cm³/mol. The fourth-order valence-corrected chi connectivity index (χ4v) is 8.10. The van der Waals surface area contributed by atoms with Gasteiger partial charge in [-0.15, -0.1) is 0 Å². The van der Waals surface area contributed by atoms with Crippen molar-refractivity contribution >= 4 is 69.1 Å². The highest BCUT2D eigenvalue weighted by atomic mass is 32.2. The highest BCUT2D eigenvalue weighted by Gasteiger charge is 2.49. The van der Waals surface area contributed by atoms with Gasteiger partial charge in [0.05, 0.1) is 19.5 Å². The van der Waals surface area contributed by atoms with Crippen LogP contribution in [0.2, 0.25) is 0 Å². The Morgan fingerprint density at radius 1 is 1.11 bits per heavy atom. The van der Waals surface area contributed by atoms with Crippen LogP contribution in [0.4, 0.5) is 5.82 Å². The Bertz CT molecular complexity index is 1840. The van der Waals surface area contributed by atoms with E-state index in [1.807, 2.05) is 0 Å². The van der Waals surface area contributed by atoms with Gasteiger partial charge in [0, 0.05) is 30.7 Å². The lowest BCUT2D eigenvalue weighted by molar-refractivity contribution is -0.228. The van der Waals surface area contributed by atoms with Crippen molar-refractivity contribution in [1.82, 2.24) is 30.2 Å². The summed E-state index contributed by atoms with van der Waals surface area (Å²) >= 11 is 1.02. The molecule has 8 unspecified atom stereocenters. The van der Waals surface area contributed by atoms with E-state index in [9.17, 15) is 57.9 Å². The van der Waals surface area contributed by atoms with Crippen LogP contribution in [0.25, 0.3) is 11.2 Å². The molecule has 24 nitrogen and oxygen atoms in total. The number of ether oxygens (including phenoxy) is 1. The summed E-state index contributed by atoms with van der Waals surface area (Å²) in [7, 11) is -16.7. The smallest absolute Gasteiger partial charge is 0.481 e. The van der Waals surface area contributed by atoms with Crippen LogP contribution in [-0.2, 0) is 50.7 Å². The van der Waals surface area contributed by atoms with E-state index in [0.29, 0.717) is 5.75 Å². The Kier molecular flexibility index (Phi) is 16.0. The van der Waals surface area contributed by atoms with Crippen molar-refractivity contribution in [3.05, 3.63) is 24.3 Å². The van der Waals surface area contributed by atoms with Crippen molar-refractivity contribution in [2.45, 2.75) is 64.8 Å². The molecule has 0 aliphatic carbocycles. The Morgan fingerprint density at radius 2 is 1.78 bits per heavy atom. The second-order valence-electron chi connectivity index (χ2n) is 12.4. The third-order valence-corrected chi connectivity index (χ3v) is 11.1. The van der Waals surface area contributed by atoms with Crippen LogP contribution in [-0.4, -0.2) is 118 Å². The molecule has 1 aliphatic heterocycles. The molecule has 2 amide bonds. The molecular formula is C26H41N7O17P3S-. The van der Waals surface area contributed by atoms with E-state index in [4.69, 9.17) is 19.5 Å². The highest BCUT2D eigenvalue weighted by Crippen LogP contribution is 2.61. The monoisotopic (exact) mass is 848 g/mol. The molecule has 28 heteroatoms. The number of imidazole rings is 1. The van der Waals surface area contributed by atoms with E-state index in [1.165, 1.54) is 19.9 Å². The number of aromatic nitrogens is 4. The second-order valence-corrected chi connectivity index (χ2v) is 17.7. The second kappa shape index (κ2) is 19.0. The van der Waals surface area contributed by atoms with Gasteiger partial charge in [-0.05, 0) is 19.9 Å². The van der Waals surface area contributed by atoms with Crippen molar-refractivity contribution in [3.8, 4) is 0 Å². The maximum atomic E-state index is 12.6. The summed E-state index contributed by atoms with van der Waals surface area (Å²) in [5.74, 6) is -1.15. The first kappa shape index (κ1) is 45.7. The van der Waals surface area contributed by atoms with Crippen LogP contribution in [0.1, 0.15) is 40.3 Å². The Hall–Kier alpha value is -2.70. The summed E-state index contributed by atoms with van der Waals surface area (Å²) in [5, 5.41) is 26.1. The standard InChI is InChI=1S/C26H42N7O17P3S/c1-14(2)9-17(35)54-8-7-28-16(34)5-6-29-24(38)21(37)26(3,4)11-47-53(44,45)50-52(42,43)46-10-15-20(49-51(39,40)41)19(36)25(48-15)33-13-32-18-22(27)30-12-31-23(18)33/h9,12-13,15,19-21,25,36-37H,5-8,10-11H2,1-4H3,(H,28,34)(H,29,38)(H,42,43)(H,44,45)(H2,27,30,31)(H2,39,40,41)/p-1. The zero-order valence-electron chi connectivity index (χ0n) is 29.1. The molecule has 0 saturated carbocycles. The average molecular weight is 849 g/mol. The number of rotatable bonds is 20. The lowest BCUT2D eigenvalue weighted by atomic mass is 9.87. The van der Waals surface area contributed by atoms with Crippen LogP contribution in [0.5, 0.6) is 0 Å². The maximum absolute atomic E-state index is 12.6. The topological polar surface area (TPSA) is 366 Å². The van der Waals surface area contributed by atoms with Crippen molar-refractivity contribution in [2.75, 3.05) is 37.8 Å². The quantitative estimate of drug-likeness (QED) is 0.0450. The molecule has 2 aromatic heterocycles. The lowest BCUT2D eigenvalue weighted by Crippen LogP contribution is -2.46. The van der Waals surface area contributed by atoms with E-state index < -0.39 is 84.6 Å². The van der Waals surface area contributed by atoms with Gasteiger partial charge in [0.25, 0.3) is 7.82 Å². The molecule has 3 rings (SSSR count). The molecule has 304 valence electrons. The minimum atomic E-state index is -5.58. The van der Waals surface area contributed by atoms with E-state index in [0.717, 1.165) is 34.6 Å². The van der Waals surface area contributed by atoms with Gasteiger partial charge in [-0.3, -0.25) is 32.6 Å². The number of carbonyl (C=O) groups is 3. The van der Waals surface area contributed by atoms with Crippen molar-refractivity contribution in [2.24, 2.45) is 5.41 Å². The van der Waals surface area contributed by atoms with Gasteiger partial charge in [0.1, 0.15) is 36.3 Å². The van der Waals surface area contributed by atoms with Gasteiger partial charge >= 0.3 is 15.6 Å². The minimum Gasteiger partial charge on any atom is -0.756 e. The molecule has 1 saturated heterocycles. The largest absolute Gasteiger partial charge is 0.756 e. The van der Waals surface area contributed by atoms with Gasteiger partial charge in [-0.2, -0.15) is 4.31 Å². The first-order valence-electron chi connectivity index (χ1n) is 15.6. The molecule has 2 aromatic rings. The molecule has 1 aliphatic rings. The summed E-state index contributed by atoms with van der Waals surface area (Å²) in [4.78, 5) is 89.0. The molecule has 8 atom stereocenters. The Balaban J connectivity index is 1.51. The third kappa shape index (κ3) is 13.8. The summed E-state index contributed by atoms with van der Waals surface area (Å²) in [5.41, 5.74) is 5.05. The fourth-order valence-electron chi connectivity index (χ4n) is 4.55. The molecule has 0 spiro atoms. The van der Waals surface area contributed by atoms with Crippen LogP contribution in [0.15, 0.2) is 24.3 Å². The first-order chi connectivity index (χ1) is 24.9. The minimum absolute atomic E-state index is 0.0144. The number of allylic oxidation sites excluding steroid dienone is 1. The van der Waals surface area contributed by atoms with Gasteiger partial charge in [0.15, 0.2) is 17.7 Å². The zero-order chi connectivity index (χ0) is 40.6. The third-order valence-electron chi connectivity index (χ3n) is 7.15. The number of fused-ring (bicyclic) bond motifs is 1. The summed E-state index contributed by atoms with van der Waals surface area (Å²) in [6, 6.07) is 0. The number of hydrogen-bond acceptors (Lipinski definition) is 19. The van der Waals surface area contributed by atoms with E-state index in [1.54, 1.807) is 13.8 Å². The molecule has 0 bridgehead atoms. The molecule has 54 heavy (non-hydrogen) atoms. The number of phosphoric ester groups is 3. The molecule has 9 N–H and O–H groups in total. The van der Waals surface area contributed by atoms with Crippen molar-refractivity contribution in [1.29, 1.82) is 0 Å². The van der Waals surface area contributed by atoms with E-state index in [2.05, 4.69) is 34.4 Å². The van der Waals surface area contributed by atoms with E-state index >= 15 is 0 Å². The van der Waals surface area contributed by atoms with Crippen LogP contribution >= 0.6 is 35.2 Å². The number of nitrogens with zero attached hydrogens (tertiary/aromatic N) is 4.